The molecule has 3 aromatic rings. The number of rotatable bonds is 4. The van der Waals surface area contributed by atoms with Gasteiger partial charge in [0.1, 0.15) is 22.7 Å². The minimum Gasteiger partial charge on any atom is -0.497 e. The Hall–Kier alpha value is -4.26. The lowest BCUT2D eigenvalue weighted by atomic mass is 9.64. The number of nitrogens with zero attached hydrogens (tertiary/aromatic N) is 1. The number of hydrogen-bond donors (Lipinski definition) is 0. The van der Waals surface area contributed by atoms with Gasteiger partial charge in [-0.2, -0.15) is 0 Å². The number of Topliss-reactive ketones (excluding diaryl/α,β-unsaturated/α-hetero) is 3. The number of anilines is 1. The van der Waals surface area contributed by atoms with Crippen LogP contribution < -0.4 is 14.4 Å². The maximum atomic E-state index is 14.4. The van der Waals surface area contributed by atoms with Crippen molar-refractivity contribution in [3.05, 3.63) is 94.8 Å². The molecule has 6 rings (SSSR count). The quantitative estimate of drug-likeness (QED) is 0.479. The molecule has 37 heavy (non-hydrogen) atoms. The second kappa shape index (κ2) is 8.13. The van der Waals surface area contributed by atoms with Crippen LogP contribution in [-0.2, 0) is 4.79 Å². The van der Waals surface area contributed by atoms with Crippen LogP contribution in [0.3, 0.4) is 0 Å². The molecule has 1 fully saturated rings. The first-order chi connectivity index (χ1) is 17.8. The van der Waals surface area contributed by atoms with Crippen molar-refractivity contribution in [2.45, 2.75) is 24.9 Å². The highest BCUT2D eigenvalue weighted by atomic mass is 19.1. The minimum atomic E-state index is -1.64. The van der Waals surface area contributed by atoms with Crippen molar-refractivity contribution in [3.63, 3.8) is 0 Å². The van der Waals surface area contributed by atoms with Gasteiger partial charge in [0.25, 0.3) is 0 Å². The summed E-state index contributed by atoms with van der Waals surface area (Å²) < 4.78 is 25.3. The van der Waals surface area contributed by atoms with Gasteiger partial charge in [-0.3, -0.25) is 14.4 Å². The molecule has 1 spiro atoms. The summed E-state index contributed by atoms with van der Waals surface area (Å²) in [5.41, 5.74) is 0.731. The van der Waals surface area contributed by atoms with Crippen LogP contribution in [0.15, 0.2) is 66.7 Å². The van der Waals surface area contributed by atoms with Crippen LogP contribution in [0.2, 0.25) is 0 Å². The molecule has 1 aliphatic carbocycles. The van der Waals surface area contributed by atoms with Crippen LogP contribution in [0.1, 0.15) is 44.7 Å². The van der Waals surface area contributed by atoms with Gasteiger partial charge < -0.3 is 14.4 Å². The summed E-state index contributed by atoms with van der Waals surface area (Å²) in [5.74, 6) is -1.26. The topological polar surface area (TPSA) is 72.9 Å². The van der Waals surface area contributed by atoms with Crippen LogP contribution in [0, 0.1) is 11.2 Å². The normalized spacial score (nSPS) is 22.6. The van der Waals surface area contributed by atoms with E-state index < -0.39 is 29.2 Å². The average Bonchev–Trinajstić information content (AvgIpc) is 3.34. The molecule has 3 aliphatic rings. The summed E-state index contributed by atoms with van der Waals surface area (Å²) in [6.45, 7) is 1.46. The molecule has 0 aromatic heterocycles. The van der Waals surface area contributed by atoms with E-state index >= 15 is 0 Å². The van der Waals surface area contributed by atoms with E-state index in [-0.39, 0.29) is 17.3 Å². The lowest BCUT2D eigenvalue weighted by Crippen LogP contribution is -2.48. The molecule has 0 unspecified atom stereocenters. The average molecular weight is 498 g/mol. The molecule has 2 heterocycles. The van der Waals surface area contributed by atoms with Crippen LogP contribution >= 0.6 is 0 Å². The monoisotopic (exact) mass is 497 g/mol. The van der Waals surface area contributed by atoms with Crippen LogP contribution in [0.25, 0.3) is 6.08 Å². The Labute approximate surface area is 213 Å². The second-order valence-electron chi connectivity index (χ2n) is 9.63. The largest absolute Gasteiger partial charge is 0.497 e. The van der Waals surface area contributed by atoms with Gasteiger partial charge >= 0.3 is 0 Å². The predicted molar refractivity (Wildman–Crippen MR) is 136 cm³/mol. The third-order valence-electron chi connectivity index (χ3n) is 7.95. The van der Waals surface area contributed by atoms with E-state index in [1.807, 2.05) is 4.90 Å². The fourth-order valence-electron chi connectivity index (χ4n) is 6.53. The number of ether oxygens (including phenoxy) is 2. The van der Waals surface area contributed by atoms with Crippen molar-refractivity contribution < 1.29 is 28.2 Å². The Morgan fingerprint density at radius 3 is 2.27 bits per heavy atom. The standard InChI is InChI=1S/C30H24FNO5/c1-16(33)27-26(22-15-19(36-2)10-12-24(22)37-3)30(28(34)20-6-4-5-7-21(20)29(30)35)25-13-8-17-14-18(31)9-11-23(17)32(25)27/h4-15,25-27H,1-3H3/t25-,26-,27+/m1/s1. The summed E-state index contributed by atoms with van der Waals surface area (Å²) >= 11 is 0. The molecule has 0 saturated carbocycles. The number of fused-ring (bicyclic) bond motifs is 5. The Kier molecular flexibility index (Phi) is 5.09. The summed E-state index contributed by atoms with van der Waals surface area (Å²) in [5, 5.41) is 0. The third-order valence-corrected chi connectivity index (χ3v) is 7.95. The van der Waals surface area contributed by atoms with Crippen LogP contribution in [0.5, 0.6) is 11.5 Å². The molecule has 0 radical (unpaired) electrons. The van der Waals surface area contributed by atoms with Crippen molar-refractivity contribution in [2.24, 2.45) is 5.41 Å². The predicted octanol–water partition coefficient (Wildman–Crippen LogP) is 4.87. The molecule has 186 valence electrons. The molecular formula is C30H24FNO5. The smallest absolute Gasteiger partial charge is 0.180 e. The summed E-state index contributed by atoms with van der Waals surface area (Å²) in [4.78, 5) is 44.2. The molecule has 0 bridgehead atoms. The van der Waals surface area contributed by atoms with E-state index in [4.69, 9.17) is 9.47 Å². The van der Waals surface area contributed by atoms with Crippen molar-refractivity contribution in [1.29, 1.82) is 0 Å². The Balaban J connectivity index is 1.71. The van der Waals surface area contributed by atoms with Gasteiger partial charge in [-0.1, -0.05) is 36.4 Å². The first-order valence-corrected chi connectivity index (χ1v) is 12.0. The molecular weight excluding hydrogens is 473 g/mol. The van der Waals surface area contributed by atoms with Gasteiger partial charge in [0.15, 0.2) is 17.3 Å². The fourth-order valence-corrected chi connectivity index (χ4v) is 6.53. The van der Waals surface area contributed by atoms with E-state index in [0.29, 0.717) is 39.4 Å². The van der Waals surface area contributed by atoms with Crippen LogP contribution in [0.4, 0.5) is 10.1 Å². The van der Waals surface area contributed by atoms with Gasteiger partial charge in [0, 0.05) is 33.9 Å². The molecule has 3 atom stereocenters. The van der Waals surface area contributed by atoms with E-state index in [0.717, 1.165) is 0 Å². The molecule has 2 aliphatic heterocycles. The fraction of sp³-hybridized carbons (Fsp3) is 0.233. The number of carbonyl (C=O) groups is 3. The van der Waals surface area contributed by atoms with E-state index in [2.05, 4.69) is 0 Å². The van der Waals surface area contributed by atoms with Crippen molar-refractivity contribution in [2.75, 3.05) is 19.1 Å². The zero-order valence-electron chi connectivity index (χ0n) is 20.5. The number of halogens is 1. The minimum absolute atomic E-state index is 0.223. The molecule has 6 nitrogen and oxygen atoms in total. The lowest BCUT2D eigenvalue weighted by Gasteiger charge is -2.37. The van der Waals surface area contributed by atoms with Gasteiger partial charge in [0.2, 0.25) is 0 Å². The number of hydrogen-bond acceptors (Lipinski definition) is 6. The molecule has 3 aromatic carbocycles. The highest BCUT2D eigenvalue weighted by Crippen LogP contribution is 2.61. The van der Waals surface area contributed by atoms with E-state index in [1.54, 1.807) is 60.7 Å². The third kappa shape index (κ3) is 2.94. The van der Waals surface area contributed by atoms with E-state index in [1.165, 1.54) is 33.3 Å². The maximum Gasteiger partial charge on any atom is 0.180 e. The van der Waals surface area contributed by atoms with Gasteiger partial charge in [-0.05, 0) is 43.3 Å². The van der Waals surface area contributed by atoms with E-state index in [9.17, 15) is 18.8 Å². The Bertz CT molecular complexity index is 1490. The van der Waals surface area contributed by atoms with Crippen molar-refractivity contribution >= 4 is 29.1 Å². The first kappa shape index (κ1) is 23.2. The SMILES string of the molecule is COc1ccc(OC)c([C@@H]2[C@H](C(C)=O)N3c4ccc(F)cc4C=C[C@@H]3C23C(=O)c2ccccc2C3=O)c1. The Morgan fingerprint density at radius 1 is 0.946 bits per heavy atom. The lowest BCUT2D eigenvalue weighted by molar-refractivity contribution is -0.118. The number of methoxy groups -OCH3 is 2. The number of benzene rings is 3. The summed E-state index contributed by atoms with van der Waals surface area (Å²) in [7, 11) is 3.03. The number of ketones is 3. The first-order valence-electron chi connectivity index (χ1n) is 12.0. The highest BCUT2D eigenvalue weighted by molar-refractivity contribution is 6.32. The maximum absolute atomic E-state index is 14.4. The van der Waals surface area contributed by atoms with Gasteiger partial charge in [-0.15, -0.1) is 0 Å². The molecule has 0 amide bonds. The highest BCUT2D eigenvalue weighted by Gasteiger charge is 2.71. The van der Waals surface area contributed by atoms with Crippen LogP contribution in [-0.4, -0.2) is 43.7 Å². The zero-order valence-corrected chi connectivity index (χ0v) is 20.5. The zero-order chi connectivity index (χ0) is 26.1. The molecule has 0 N–H and O–H groups in total. The summed E-state index contributed by atoms with van der Waals surface area (Å²) in [6.07, 6.45) is 3.49. The second-order valence-corrected chi connectivity index (χ2v) is 9.63. The Morgan fingerprint density at radius 2 is 1.65 bits per heavy atom. The van der Waals surface area contributed by atoms with Crippen molar-refractivity contribution in [1.82, 2.24) is 0 Å². The van der Waals surface area contributed by atoms with Gasteiger partial charge in [0.05, 0.1) is 26.3 Å². The van der Waals surface area contributed by atoms with Crippen molar-refractivity contribution in [3.8, 4) is 11.5 Å². The van der Waals surface area contributed by atoms with Gasteiger partial charge in [-0.25, -0.2) is 4.39 Å². The molecule has 1 saturated heterocycles. The molecule has 7 heteroatoms. The number of carbonyl (C=O) groups excluding carboxylic acids is 3. The summed E-state index contributed by atoms with van der Waals surface area (Å²) in [6, 6.07) is 14.6.